The van der Waals surface area contributed by atoms with Crippen molar-refractivity contribution in [1.29, 1.82) is 0 Å². The van der Waals surface area contributed by atoms with E-state index in [9.17, 15) is 9.59 Å². The molecule has 0 saturated carbocycles. The van der Waals surface area contributed by atoms with E-state index < -0.39 is 0 Å². The molecular weight excluding hydrogens is 304 g/mol. The largest absolute Gasteiger partial charge is 0.363 e. The number of aromatic nitrogens is 1. The zero-order valence-corrected chi connectivity index (χ0v) is 14.0. The summed E-state index contributed by atoms with van der Waals surface area (Å²) >= 11 is 0. The van der Waals surface area contributed by atoms with Gasteiger partial charge in [-0.25, -0.2) is 4.98 Å². The Balaban J connectivity index is 1.80. The van der Waals surface area contributed by atoms with E-state index in [2.05, 4.69) is 10.3 Å². The first-order valence-corrected chi connectivity index (χ1v) is 7.80. The smallest absolute Gasteiger partial charge is 0.255 e. The Morgan fingerprint density at radius 1 is 1.21 bits per heavy atom. The Labute approximate surface area is 141 Å². The van der Waals surface area contributed by atoms with Crippen molar-refractivity contribution in [2.75, 3.05) is 36.3 Å². The number of pyridine rings is 1. The van der Waals surface area contributed by atoms with Crippen LogP contribution >= 0.6 is 0 Å². The molecule has 0 unspecified atom stereocenters. The molecule has 124 valence electrons. The second kappa shape index (κ2) is 6.31. The van der Waals surface area contributed by atoms with Gasteiger partial charge in [-0.3, -0.25) is 9.59 Å². The predicted molar refractivity (Wildman–Crippen MR) is 94.7 cm³/mol. The first-order valence-electron chi connectivity index (χ1n) is 7.80. The van der Waals surface area contributed by atoms with Crippen molar-refractivity contribution >= 4 is 29.0 Å². The normalized spacial score (nSPS) is 13.5. The highest BCUT2D eigenvalue weighted by Gasteiger charge is 2.21. The zero-order valence-electron chi connectivity index (χ0n) is 14.0. The Morgan fingerprint density at radius 3 is 2.75 bits per heavy atom. The quantitative estimate of drug-likeness (QED) is 0.941. The van der Waals surface area contributed by atoms with E-state index in [1.54, 1.807) is 30.3 Å². The molecule has 0 bridgehead atoms. The van der Waals surface area contributed by atoms with Gasteiger partial charge in [0, 0.05) is 50.7 Å². The summed E-state index contributed by atoms with van der Waals surface area (Å²) in [5.41, 5.74) is 3.25. The third-order valence-corrected chi connectivity index (χ3v) is 4.15. The van der Waals surface area contributed by atoms with Gasteiger partial charge in [0.05, 0.1) is 0 Å². The summed E-state index contributed by atoms with van der Waals surface area (Å²) in [6, 6.07) is 9.07. The van der Waals surface area contributed by atoms with E-state index >= 15 is 0 Å². The van der Waals surface area contributed by atoms with Crippen LogP contribution < -0.4 is 15.1 Å². The second-order valence-electron chi connectivity index (χ2n) is 6.05. The fraction of sp³-hybridized carbons (Fsp3) is 0.278. The molecule has 6 nitrogen and oxygen atoms in total. The molecule has 1 aromatic heterocycles. The minimum Gasteiger partial charge on any atom is -0.363 e. The van der Waals surface area contributed by atoms with Crippen molar-refractivity contribution in [3.05, 3.63) is 47.7 Å². The first-order chi connectivity index (χ1) is 11.5. The van der Waals surface area contributed by atoms with Gasteiger partial charge >= 0.3 is 0 Å². The van der Waals surface area contributed by atoms with Crippen molar-refractivity contribution in [1.82, 2.24) is 4.98 Å². The Hall–Kier alpha value is -2.89. The molecule has 2 heterocycles. The fourth-order valence-electron chi connectivity index (χ4n) is 2.74. The van der Waals surface area contributed by atoms with Crippen LogP contribution in [0.4, 0.5) is 17.2 Å². The Kier molecular flexibility index (Phi) is 4.20. The molecule has 3 rings (SSSR count). The molecule has 1 N–H and O–H groups in total. The summed E-state index contributed by atoms with van der Waals surface area (Å²) in [5, 5.41) is 2.91. The minimum absolute atomic E-state index is 0.118. The summed E-state index contributed by atoms with van der Waals surface area (Å²) in [5.74, 6) is 0.668. The third-order valence-electron chi connectivity index (χ3n) is 4.15. The number of benzene rings is 1. The SMILES string of the molecule is CN(C)c1cc(C(=O)Nc2ccc3c(c2)CCC(=O)N3C)ccn1. The van der Waals surface area contributed by atoms with Gasteiger partial charge in [0.2, 0.25) is 5.91 Å². The average Bonchev–Trinajstić information content (AvgIpc) is 2.58. The number of fused-ring (bicyclic) bond motifs is 1. The van der Waals surface area contributed by atoms with Gasteiger partial charge in [-0.05, 0) is 42.3 Å². The molecule has 0 atom stereocenters. The van der Waals surface area contributed by atoms with Crippen LogP contribution in [0.25, 0.3) is 0 Å². The summed E-state index contributed by atoms with van der Waals surface area (Å²) in [4.78, 5) is 31.9. The molecule has 0 spiro atoms. The van der Waals surface area contributed by atoms with Crippen LogP contribution in [0.5, 0.6) is 0 Å². The van der Waals surface area contributed by atoms with Gasteiger partial charge in [-0.15, -0.1) is 0 Å². The van der Waals surface area contributed by atoms with E-state index in [-0.39, 0.29) is 11.8 Å². The van der Waals surface area contributed by atoms with E-state index in [4.69, 9.17) is 0 Å². The maximum atomic E-state index is 12.5. The van der Waals surface area contributed by atoms with E-state index in [1.165, 1.54) is 0 Å². The van der Waals surface area contributed by atoms with Crippen molar-refractivity contribution < 1.29 is 9.59 Å². The van der Waals surface area contributed by atoms with Crippen molar-refractivity contribution in [2.24, 2.45) is 0 Å². The van der Waals surface area contributed by atoms with Crippen LogP contribution in [0.15, 0.2) is 36.5 Å². The van der Waals surface area contributed by atoms with Crippen molar-refractivity contribution in [3.63, 3.8) is 0 Å². The molecule has 1 aliphatic rings. The molecule has 0 radical (unpaired) electrons. The lowest BCUT2D eigenvalue weighted by Gasteiger charge is -2.26. The molecule has 0 aliphatic carbocycles. The van der Waals surface area contributed by atoms with Gasteiger partial charge in [0.15, 0.2) is 0 Å². The number of rotatable bonds is 3. The maximum absolute atomic E-state index is 12.5. The summed E-state index contributed by atoms with van der Waals surface area (Å²) < 4.78 is 0. The van der Waals surface area contributed by atoms with Gasteiger partial charge < -0.3 is 15.1 Å². The molecule has 0 saturated heterocycles. The number of anilines is 3. The standard InChI is InChI=1S/C18H20N4O2/c1-21(2)16-11-13(8-9-19-16)18(24)20-14-5-6-15-12(10-14)4-7-17(23)22(15)3/h5-6,8-11H,4,7H2,1-3H3,(H,20,24). The number of nitrogens with zero attached hydrogens (tertiary/aromatic N) is 3. The number of hydrogen-bond donors (Lipinski definition) is 1. The minimum atomic E-state index is -0.180. The molecule has 0 fully saturated rings. The third kappa shape index (κ3) is 3.08. The van der Waals surface area contributed by atoms with Crippen LogP contribution in [0, 0.1) is 0 Å². The Bertz CT molecular complexity index is 801. The van der Waals surface area contributed by atoms with Crippen LogP contribution in [-0.2, 0) is 11.2 Å². The fourth-order valence-corrected chi connectivity index (χ4v) is 2.74. The number of carbonyl (C=O) groups excluding carboxylic acids is 2. The molecule has 2 amide bonds. The molecule has 6 heteroatoms. The van der Waals surface area contributed by atoms with E-state index in [0.29, 0.717) is 18.4 Å². The number of nitrogens with one attached hydrogen (secondary N) is 1. The summed E-state index contributed by atoms with van der Waals surface area (Å²) in [7, 11) is 5.54. The van der Waals surface area contributed by atoms with Crippen LogP contribution in [0.2, 0.25) is 0 Å². The lowest BCUT2D eigenvalue weighted by Crippen LogP contribution is -2.31. The van der Waals surface area contributed by atoms with E-state index in [0.717, 1.165) is 22.8 Å². The number of hydrogen-bond acceptors (Lipinski definition) is 4. The van der Waals surface area contributed by atoms with E-state index in [1.807, 2.05) is 37.2 Å². The molecule has 1 aromatic carbocycles. The average molecular weight is 324 g/mol. The molecule has 1 aliphatic heterocycles. The molecular formula is C18H20N4O2. The monoisotopic (exact) mass is 324 g/mol. The Morgan fingerprint density at radius 2 is 2.00 bits per heavy atom. The summed E-state index contributed by atoms with van der Waals surface area (Å²) in [6.07, 6.45) is 2.82. The topological polar surface area (TPSA) is 65.5 Å². The number of carbonyl (C=O) groups is 2. The van der Waals surface area contributed by atoms with Crippen LogP contribution in [-0.4, -0.2) is 37.9 Å². The number of amides is 2. The molecule has 2 aromatic rings. The van der Waals surface area contributed by atoms with Gasteiger partial charge in [0.1, 0.15) is 5.82 Å². The number of aryl methyl sites for hydroxylation is 1. The van der Waals surface area contributed by atoms with Crippen molar-refractivity contribution in [3.8, 4) is 0 Å². The highest BCUT2D eigenvalue weighted by molar-refractivity contribution is 6.05. The van der Waals surface area contributed by atoms with Crippen LogP contribution in [0.1, 0.15) is 22.3 Å². The summed E-state index contributed by atoms with van der Waals surface area (Å²) in [6.45, 7) is 0. The molecule has 24 heavy (non-hydrogen) atoms. The van der Waals surface area contributed by atoms with Gasteiger partial charge in [0.25, 0.3) is 5.91 Å². The predicted octanol–water partition coefficient (Wildman–Crippen LogP) is 2.31. The van der Waals surface area contributed by atoms with Crippen molar-refractivity contribution in [2.45, 2.75) is 12.8 Å². The van der Waals surface area contributed by atoms with Crippen LogP contribution in [0.3, 0.4) is 0 Å². The van der Waals surface area contributed by atoms with Gasteiger partial charge in [-0.1, -0.05) is 0 Å². The first kappa shape index (κ1) is 16.0. The maximum Gasteiger partial charge on any atom is 0.255 e. The highest BCUT2D eigenvalue weighted by atomic mass is 16.2. The highest BCUT2D eigenvalue weighted by Crippen LogP contribution is 2.29. The second-order valence-corrected chi connectivity index (χ2v) is 6.05. The lowest BCUT2D eigenvalue weighted by atomic mass is 10.0. The lowest BCUT2D eigenvalue weighted by molar-refractivity contribution is -0.118. The zero-order chi connectivity index (χ0) is 17.3. The van der Waals surface area contributed by atoms with Gasteiger partial charge in [-0.2, -0.15) is 0 Å².